The second-order valence-corrected chi connectivity index (χ2v) is 15.9. The van der Waals surface area contributed by atoms with Gasteiger partial charge in [0, 0.05) is 33.0 Å². The Labute approximate surface area is 338 Å². The van der Waals surface area contributed by atoms with Crippen LogP contribution in [0.1, 0.15) is 38.0 Å². The fraction of sp³-hybridized carbons (Fsp3) is 0.107. The molecule has 58 heavy (non-hydrogen) atoms. The van der Waals surface area contributed by atoms with Crippen molar-refractivity contribution in [3.63, 3.8) is 0 Å². The molecular weight excluding hydrogens is 703 g/mol. The van der Waals surface area contributed by atoms with Crippen molar-refractivity contribution in [1.29, 1.82) is 0 Å². The molecule has 11 rings (SSSR count). The van der Waals surface area contributed by atoms with E-state index in [0.717, 1.165) is 46.4 Å². The highest BCUT2D eigenvalue weighted by molar-refractivity contribution is 6.12. The van der Waals surface area contributed by atoms with Crippen molar-refractivity contribution in [1.82, 2.24) is 4.57 Å². The molecule has 0 amide bonds. The Balaban J connectivity index is 1.07. The van der Waals surface area contributed by atoms with Gasteiger partial charge in [0.05, 0.1) is 11.0 Å². The molecule has 0 radical (unpaired) electrons. The number of hydrogen-bond donors (Lipinski definition) is 0. The fourth-order valence-corrected chi connectivity index (χ4v) is 9.69. The van der Waals surface area contributed by atoms with E-state index in [-0.39, 0.29) is 0 Å². The molecule has 1 unspecified atom stereocenters. The molecule has 0 spiro atoms. The van der Waals surface area contributed by atoms with E-state index in [1.807, 2.05) is 0 Å². The molecule has 0 saturated carbocycles. The largest absolute Gasteiger partial charge is 0.460 e. The van der Waals surface area contributed by atoms with Crippen LogP contribution in [0.4, 0.5) is 0 Å². The van der Waals surface area contributed by atoms with Gasteiger partial charge in [-0.1, -0.05) is 159 Å². The third kappa shape index (κ3) is 5.32. The zero-order valence-electron chi connectivity index (χ0n) is 33.1. The van der Waals surface area contributed by atoms with Crippen LogP contribution in [0.5, 0.6) is 0 Å². The molecule has 278 valence electrons. The summed E-state index contributed by atoms with van der Waals surface area (Å²) in [6.45, 7) is 6.57. The number of aryl methyl sites for hydroxylation is 1. The molecule has 2 heteroatoms. The Morgan fingerprint density at radius 1 is 0.603 bits per heavy atom. The van der Waals surface area contributed by atoms with Crippen LogP contribution in [-0.2, 0) is 0 Å². The number of aromatic nitrogens is 1. The molecule has 0 fully saturated rings. The predicted molar refractivity (Wildman–Crippen MR) is 248 cm³/mol. The lowest BCUT2D eigenvalue weighted by Gasteiger charge is -2.20. The lowest BCUT2D eigenvalue weighted by atomic mass is 9.83. The first-order chi connectivity index (χ1) is 28.6. The Morgan fingerprint density at radius 2 is 1.26 bits per heavy atom. The fourth-order valence-electron chi connectivity index (χ4n) is 9.69. The van der Waals surface area contributed by atoms with E-state index in [2.05, 4.69) is 201 Å². The number of hydrogen-bond acceptors (Lipinski definition) is 1. The maximum atomic E-state index is 6.46. The van der Waals surface area contributed by atoms with E-state index in [9.17, 15) is 0 Å². The summed E-state index contributed by atoms with van der Waals surface area (Å²) in [5, 5.41) is 11.5. The van der Waals surface area contributed by atoms with E-state index in [1.165, 1.54) is 81.6 Å². The lowest BCUT2D eigenvalue weighted by Crippen LogP contribution is -2.33. The SMILES string of the molecule is CC/C=C\c1c(C)oc2c(-c3ccc4c(c3)c3ccccc3n4-c3ccc(-c4c5c(c(-c6cccc7ccccc67)c6ccccc46)=CC(C)CC=5)cc3)cccc12. The first-order valence-electron chi connectivity index (χ1n) is 20.7. The van der Waals surface area contributed by atoms with Crippen molar-refractivity contribution >= 4 is 72.5 Å². The number of allylic oxidation sites excluding steroid dienone is 1. The molecule has 8 aromatic carbocycles. The minimum atomic E-state index is 0.463. The van der Waals surface area contributed by atoms with E-state index in [4.69, 9.17) is 4.42 Å². The first-order valence-corrected chi connectivity index (χ1v) is 20.7. The highest BCUT2D eigenvalue weighted by Gasteiger charge is 2.20. The molecule has 2 nitrogen and oxygen atoms in total. The van der Waals surface area contributed by atoms with E-state index < -0.39 is 0 Å². The van der Waals surface area contributed by atoms with Crippen molar-refractivity contribution in [2.45, 2.75) is 33.6 Å². The van der Waals surface area contributed by atoms with Crippen molar-refractivity contribution in [3.8, 4) is 39.1 Å². The van der Waals surface area contributed by atoms with Gasteiger partial charge in [0.2, 0.25) is 0 Å². The molecule has 0 saturated heterocycles. The van der Waals surface area contributed by atoms with Crippen molar-refractivity contribution in [2.75, 3.05) is 0 Å². The second kappa shape index (κ2) is 13.6. The van der Waals surface area contributed by atoms with Crippen LogP contribution in [0, 0.1) is 12.8 Å². The molecule has 0 N–H and O–H groups in total. The molecule has 10 aromatic rings. The van der Waals surface area contributed by atoms with Gasteiger partial charge in [0.1, 0.15) is 11.3 Å². The average Bonchev–Trinajstić information content (AvgIpc) is 3.77. The number of nitrogens with zero attached hydrogens (tertiary/aromatic N) is 1. The third-order valence-electron chi connectivity index (χ3n) is 12.4. The van der Waals surface area contributed by atoms with Gasteiger partial charge in [-0.15, -0.1) is 0 Å². The van der Waals surface area contributed by atoms with Crippen LogP contribution >= 0.6 is 0 Å². The molecule has 0 bridgehead atoms. The summed E-state index contributed by atoms with van der Waals surface area (Å²) in [5.74, 6) is 1.41. The van der Waals surface area contributed by atoms with E-state index in [0.29, 0.717) is 5.92 Å². The number of para-hydroxylation sites is 2. The zero-order chi connectivity index (χ0) is 38.9. The summed E-state index contributed by atoms with van der Waals surface area (Å²) < 4.78 is 8.87. The van der Waals surface area contributed by atoms with Crippen LogP contribution in [0.25, 0.3) is 112 Å². The number of fused-ring (bicyclic) bond motifs is 7. The van der Waals surface area contributed by atoms with Crippen LogP contribution in [0.15, 0.2) is 162 Å². The molecule has 2 aromatic heterocycles. The minimum Gasteiger partial charge on any atom is -0.460 e. The summed E-state index contributed by atoms with van der Waals surface area (Å²) in [6, 6.07) is 56.0. The molecule has 0 aliphatic heterocycles. The molecular formula is C56H43NO. The number of furan rings is 1. The maximum absolute atomic E-state index is 6.46. The van der Waals surface area contributed by atoms with Crippen LogP contribution < -0.4 is 10.4 Å². The maximum Gasteiger partial charge on any atom is 0.142 e. The molecule has 1 atom stereocenters. The Morgan fingerprint density at radius 3 is 2.09 bits per heavy atom. The summed E-state index contributed by atoms with van der Waals surface area (Å²) in [4.78, 5) is 0. The number of rotatable bonds is 6. The minimum absolute atomic E-state index is 0.463. The Hall–Kier alpha value is -6.90. The Bertz CT molecular complexity index is 3420. The van der Waals surface area contributed by atoms with Gasteiger partial charge in [0.25, 0.3) is 0 Å². The summed E-state index contributed by atoms with van der Waals surface area (Å²) in [5.41, 5.74) is 13.1. The topological polar surface area (TPSA) is 18.1 Å². The predicted octanol–water partition coefficient (Wildman–Crippen LogP) is 14.2. The molecule has 2 heterocycles. The highest BCUT2D eigenvalue weighted by Crippen LogP contribution is 2.40. The van der Waals surface area contributed by atoms with Gasteiger partial charge in [-0.3, -0.25) is 0 Å². The van der Waals surface area contributed by atoms with Crippen LogP contribution in [-0.4, -0.2) is 4.57 Å². The van der Waals surface area contributed by atoms with Gasteiger partial charge in [-0.2, -0.15) is 0 Å². The van der Waals surface area contributed by atoms with Gasteiger partial charge < -0.3 is 8.98 Å². The zero-order valence-corrected chi connectivity index (χ0v) is 33.1. The van der Waals surface area contributed by atoms with Crippen LogP contribution in [0.2, 0.25) is 0 Å². The van der Waals surface area contributed by atoms with Crippen LogP contribution in [0.3, 0.4) is 0 Å². The standard InChI is InChI=1S/C56H43NO/c1-4-5-16-41-36(3)58-56-43(21-13-23-49(41)56)39-28-32-53-50(34-39)44-18-10-11-24-52(44)57(53)40-29-26-38(27-30-40)54-46-19-8-9-20-47(46)55(51-33-35(2)25-31-48(51)54)45-22-12-15-37-14-6-7-17-42(37)45/h5-24,26-35H,4,25H2,1-3H3/b16-5-. The smallest absolute Gasteiger partial charge is 0.142 e. The van der Waals surface area contributed by atoms with E-state index >= 15 is 0 Å². The molecule has 1 aliphatic rings. The van der Waals surface area contributed by atoms with Gasteiger partial charge in [-0.25, -0.2) is 0 Å². The van der Waals surface area contributed by atoms with E-state index in [1.54, 1.807) is 0 Å². The normalized spacial score (nSPS) is 14.2. The van der Waals surface area contributed by atoms with Crippen molar-refractivity contribution < 1.29 is 4.42 Å². The average molecular weight is 746 g/mol. The van der Waals surface area contributed by atoms with Crippen molar-refractivity contribution in [3.05, 3.63) is 179 Å². The second-order valence-electron chi connectivity index (χ2n) is 15.9. The summed E-state index contributed by atoms with van der Waals surface area (Å²) in [7, 11) is 0. The monoisotopic (exact) mass is 745 g/mol. The summed E-state index contributed by atoms with van der Waals surface area (Å²) >= 11 is 0. The first kappa shape index (κ1) is 34.4. The summed E-state index contributed by atoms with van der Waals surface area (Å²) in [6.07, 6.45) is 11.4. The van der Waals surface area contributed by atoms with Crippen molar-refractivity contribution in [2.24, 2.45) is 5.92 Å². The Kier molecular flexibility index (Phi) is 8.08. The van der Waals surface area contributed by atoms with Gasteiger partial charge >= 0.3 is 0 Å². The highest BCUT2D eigenvalue weighted by atomic mass is 16.3. The third-order valence-corrected chi connectivity index (χ3v) is 12.4. The van der Waals surface area contributed by atoms with Gasteiger partial charge in [0.15, 0.2) is 0 Å². The quantitative estimate of drug-likeness (QED) is 0.166. The lowest BCUT2D eigenvalue weighted by molar-refractivity contribution is 0.578. The molecule has 1 aliphatic carbocycles. The number of benzene rings is 8. The van der Waals surface area contributed by atoms with Gasteiger partial charge in [-0.05, 0) is 116 Å².